The number of carbonyl (C=O) groups is 3. The molecule has 3 rings (SSSR count). The van der Waals surface area contributed by atoms with Crippen molar-refractivity contribution < 1.29 is 14.4 Å². The van der Waals surface area contributed by atoms with Gasteiger partial charge in [0.15, 0.2) is 5.78 Å². The van der Waals surface area contributed by atoms with Crippen LogP contribution >= 0.6 is 11.3 Å². The lowest BCUT2D eigenvalue weighted by atomic mass is 10.1. The number of thiophene rings is 1. The van der Waals surface area contributed by atoms with Gasteiger partial charge in [0.05, 0.1) is 11.4 Å². The summed E-state index contributed by atoms with van der Waals surface area (Å²) in [7, 11) is 0. The molecule has 6 nitrogen and oxygen atoms in total. The van der Waals surface area contributed by atoms with E-state index < -0.39 is 0 Å². The number of nitrogens with one attached hydrogen (secondary N) is 2. The summed E-state index contributed by atoms with van der Waals surface area (Å²) < 4.78 is 1.72. The van der Waals surface area contributed by atoms with Crippen molar-refractivity contribution in [3.63, 3.8) is 0 Å². The molecule has 2 N–H and O–H groups in total. The predicted molar refractivity (Wildman–Crippen MR) is 104 cm³/mol. The van der Waals surface area contributed by atoms with Gasteiger partial charge in [0, 0.05) is 29.2 Å². The molecule has 0 spiro atoms. The van der Waals surface area contributed by atoms with Gasteiger partial charge in [-0.3, -0.25) is 14.4 Å². The van der Waals surface area contributed by atoms with Crippen molar-refractivity contribution in [2.45, 2.75) is 44.8 Å². The lowest BCUT2D eigenvalue weighted by Gasteiger charge is -2.22. The molecule has 1 fully saturated rings. The van der Waals surface area contributed by atoms with Crippen molar-refractivity contribution in [1.29, 1.82) is 0 Å². The van der Waals surface area contributed by atoms with Crippen LogP contribution in [-0.2, 0) is 6.54 Å². The van der Waals surface area contributed by atoms with Crippen LogP contribution in [-0.4, -0.2) is 34.2 Å². The number of aromatic nitrogens is 1. The van der Waals surface area contributed by atoms with Crippen LogP contribution < -0.4 is 10.6 Å². The van der Waals surface area contributed by atoms with E-state index in [4.69, 9.17) is 6.42 Å². The van der Waals surface area contributed by atoms with Gasteiger partial charge in [0.1, 0.15) is 5.69 Å². The van der Waals surface area contributed by atoms with Crippen LogP contribution in [0.2, 0.25) is 0 Å². The molecule has 2 heterocycles. The van der Waals surface area contributed by atoms with Crippen molar-refractivity contribution in [3.05, 3.63) is 45.9 Å². The summed E-state index contributed by atoms with van der Waals surface area (Å²) in [5, 5.41) is 7.70. The fourth-order valence-corrected chi connectivity index (χ4v) is 4.13. The minimum absolute atomic E-state index is 0.0636. The molecule has 2 amide bonds. The molecule has 7 heteroatoms. The second-order valence-corrected chi connectivity index (χ2v) is 7.48. The van der Waals surface area contributed by atoms with E-state index in [2.05, 4.69) is 16.6 Å². The Labute approximate surface area is 162 Å². The smallest absolute Gasteiger partial charge is 0.268 e. The highest BCUT2D eigenvalue weighted by molar-refractivity contribution is 7.12. The first-order valence-electron chi connectivity index (χ1n) is 8.79. The fourth-order valence-electron chi connectivity index (χ4n) is 3.28. The molecule has 0 saturated heterocycles. The van der Waals surface area contributed by atoms with Gasteiger partial charge in [-0.15, -0.1) is 17.8 Å². The van der Waals surface area contributed by atoms with E-state index in [0.29, 0.717) is 22.7 Å². The number of nitrogens with zero attached hydrogens (tertiary/aromatic N) is 1. The van der Waals surface area contributed by atoms with Gasteiger partial charge in [0.2, 0.25) is 0 Å². The lowest BCUT2D eigenvalue weighted by molar-refractivity contribution is 0.0889. The summed E-state index contributed by atoms with van der Waals surface area (Å²) in [5.74, 6) is 2.05. The van der Waals surface area contributed by atoms with Crippen molar-refractivity contribution >= 4 is 28.9 Å². The average molecular weight is 383 g/mol. The van der Waals surface area contributed by atoms with Crippen LogP contribution in [0.4, 0.5) is 0 Å². The van der Waals surface area contributed by atoms with Crippen molar-refractivity contribution in [1.82, 2.24) is 15.2 Å². The number of Topliss-reactive ketones (excluding diaryl/α,β-unsaturated/α-hetero) is 1. The number of carbonyl (C=O) groups excluding carboxylic acids is 3. The molecule has 1 aliphatic carbocycles. The monoisotopic (exact) mass is 383 g/mol. The minimum Gasteiger partial charge on any atom is -0.347 e. The highest BCUT2D eigenvalue weighted by Gasteiger charge is 2.31. The van der Waals surface area contributed by atoms with Crippen LogP contribution in [0.25, 0.3) is 0 Å². The number of terminal acetylenes is 1. The highest BCUT2D eigenvalue weighted by atomic mass is 32.1. The Hall–Kier alpha value is -2.85. The molecule has 0 unspecified atom stereocenters. The minimum atomic E-state index is -0.214. The lowest BCUT2D eigenvalue weighted by Crippen LogP contribution is -2.48. The zero-order valence-electron chi connectivity index (χ0n) is 15.0. The summed E-state index contributed by atoms with van der Waals surface area (Å²) in [6.07, 6.45) is 9.63. The van der Waals surface area contributed by atoms with Crippen LogP contribution in [0.5, 0.6) is 0 Å². The number of hydrogen-bond donors (Lipinski definition) is 2. The third-order valence-corrected chi connectivity index (χ3v) is 5.63. The maximum absolute atomic E-state index is 12.6. The summed E-state index contributed by atoms with van der Waals surface area (Å²) in [5.41, 5.74) is 1.05. The van der Waals surface area contributed by atoms with E-state index in [1.165, 1.54) is 18.3 Å². The molecule has 2 aromatic heterocycles. The second kappa shape index (κ2) is 8.23. The summed E-state index contributed by atoms with van der Waals surface area (Å²) in [4.78, 5) is 37.0. The molecule has 0 bridgehead atoms. The van der Waals surface area contributed by atoms with E-state index >= 15 is 0 Å². The Bertz CT molecular complexity index is 906. The second-order valence-electron chi connectivity index (χ2n) is 6.57. The van der Waals surface area contributed by atoms with Crippen LogP contribution in [0.1, 0.15) is 56.7 Å². The largest absolute Gasteiger partial charge is 0.347 e. The van der Waals surface area contributed by atoms with Gasteiger partial charge in [-0.25, -0.2) is 0 Å². The van der Waals surface area contributed by atoms with Crippen molar-refractivity contribution in [2.75, 3.05) is 0 Å². The maximum atomic E-state index is 12.6. The van der Waals surface area contributed by atoms with E-state index in [1.807, 2.05) is 0 Å². The number of hydrogen-bond acceptors (Lipinski definition) is 4. The van der Waals surface area contributed by atoms with Crippen LogP contribution in [0.15, 0.2) is 29.8 Å². The third-order valence-electron chi connectivity index (χ3n) is 4.70. The highest BCUT2D eigenvalue weighted by Crippen LogP contribution is 2.22. The molecule has 140 valence electrons. The molecule has 0 radical (unpaired) electrons. The molecule has 2 atom stereocenters. The van der Waals surface area contributed by atoms with E-state index in [9.17, 15) is 14.4 Å². The Morgan fingerprint density at radius 1 is 1.26 bits per heavy atom. The topological polar surface area (TPSA) is 80.2 Å². The molecule has 2 aromatic rings. The predicted octanol–water partition coefficient (Wildman–Crippen LogP) is 2.47. The number of ketones is 1. The van der Waals surface area contributed by atoms with E-state index in [1.54, 1.807) is 34.3 Å². The molecule has 1 aliphatic rings. The molecule has 0 aromatic carbocycles. The molecule has 0 aliphatic heterocycles. The zero-order chi connectivity index (χ0) is 19.4. The third kappa shape index (κ3) is 4.29. The van der Waals surface area contributed by atoms with E-state index in [-0.39, 0.29) is 29.7 Å². The quantitative estimate of drug-likeness (QED) is 0.594. The Morgan fingerprint density at radius 2 is 1.96 bits per heavy atom. The molecule has 1 saturated carbocycles. The van der Waals surface area contributed by atoms with Gasteiger partial charge in [-0.2, -0.15) is 0 Å². The summed E-state index contributed by atoms with van der Waals surface area (Å²) >= 11 is 1.25. The summed E-state index contributed by atoms with van der Waals surface area (Å²) in [6.45, 7) is 1.81. The van der Waals surface area contributed by atoms with Gasteiger partial charge in [-0.1, -0.05) is 5.92 Å². The normalized spacial score (nSPS) is 18.7. The van der Waals surface area contributed by atoms with Gasteiger partial charge >= 0.3 is 0 Å². The van der Waals surface area contributed by atoms with Crippen LogP contribution in [0, 0.1) is 12.3 Å². The maximum Gasteiger partial charge on any atom is 0.268 e. The van der Waals surface area contributed by atoms with E-state index in [0.717, 1.165) is 19.3 Å². The molecular weight excluding hydrogens is 362 g/mol. The van der Waals surface area contributed by atoms with Crippen molar-refractivity contribution in [2.24, 2.45) is 0 Å². The van der Waals surface area contributed by atoms with Crippen LogP contribution in [0.3, 0.4) is 0 Å². The van der Waals surface area contributed by atoms with Gasteiger partial charge < -0.3 is 15.2 Å². The Balaban J connectivity index is 1.63. The first-order chi connectivity index (χ1) is 13.0. The standard InChI is InChI=1S/C20H21N3O3S/c1-3-9-23-10-5-8-17(23)19(25)21-15-6-4-7-16(15)22-20(26)18-11-14(12-27-18)13(2)24/h1,5,8,10-12,15-16H,4,6-7,9H2,2H3,(H,21,25)(H,22,26)/t15-,16+/m1/s1. The fraction of sp³-hybridized carbons (Fsp3) is 0.350. The number of amides is 2. The summed E-state index contributed by atoms with van der Waals surface area (Å²) in [6, 6.07) is 4.84. The Kier molecular flexibility index (Phi) is 5.77. The first kappa shape index (κ1) is 18.9. The average Bonchev–Trinajstić information content (AvgIpc) is 3.36. The molecule has 27 heavy (non-hydrogen) atoms. The van der Waals surface area contributed by atoms with Crippen molar-refractivity contribution in [3.8, 4) is 12.3 Å². The molecular formula is C20H21N3O3S. The first-order valence-corrected chi connectivity index (χ1v) is 9.67. The Morgan fingerprint density at radius 3 is 2.59 bits per heavy atom. The van der Waals surface area contributed by atoms with Gasteiger partial charge in [0.25, 0.3) is 11.8 Å². The van der Waals surface area contributed by atoms with Gasteiger partial charge in [-0.05, 0) is 44.4 Å². The zero-order valence-corrected chi connectivity index (χ0v) is 15.8. The SMILES string of the molecule is C#CCn1cccc1C(=O)N[C@@H]1CCC[C@@H]1NC(=O)c1cc(C(C)=O)cs1. The number of rotatable bonds is 6.